The van der Waals surface area contributed by atoms with Gasteiger partial charge in [0.15, 0.2) is 12.7 Å². The molecule has 2 rings (SSSR count). The van der Waals surface area contributed by atoms with E-state index in [0.29, 0.717) is 18.7 Å². The quantitative estimate of drug-likeness (QED) is 0.729. The van der Waals surface area contributed by atoms with Crippen LogP contribution in [0.3, 0.4) is 0 Å². The molecule has 0 radical (unpaired) electrons. The Kier molecular flexibility index (Phi) is 6.98. The number of benzene rings is 2. The van der Waals surface area contributed by atoms with Crippen molar-refractivity contribution < 1.29 is 24.2 Å². The molecule has 2 N–H and O–H groups in total. The van der Waals surface area contributed by atoms with E-state index in [9.17, 15) is 9.59 Å². The third-order valence-corrected chi connectivity index (χ3v) is 3.57. The summed E-state index contributed by atoms with van der Waals surface area (Å²) >= 11 is 0. The highest BCUT2D eigenvalue weighted by molar-refractivity contribution is 5.82. The Morgan fingerprint density at radius 1 is 1.08 bits per heavy atom. The first kappa shape index (κ1) is 18.5. The number of hydrogen-bond acceptors (Lipinski definition) is 4. The molecule has 0 aliphatic heterocycles. The molecule has 0 aromatic heterocycles. The van der Waals surface area contributed by atoms with Crippen molar-refractivity contribution in [2.75, 3.05) is 20.3 Å². The molecule has 0 aliphatic carbocycles. The van der Waals surface area contributed by atoms with E-state index in [4.69, 9.17) is 14.6 Å². The minimum absolute atomic E-state index is 0.185. The first-order valence-corrected chi connectivity index (χ1v) is 7.89. The van der Waals surface area contributed by atoms with E-state index >= 15 is 0 Å². The number of ether oxygens (including phenoxy) is 2. The molecule has 0 fully saturated rings. The second kappa shape index (κ2) is 9.44. The van der Waals surface area contributed by atoms with Crippen LogP contribution in [0.4, 0.5) is 0 Å². The van der Waals surface area contributed by atoms with E-state index in [1.165, 1.54) is 7.11 Å². The van der Waals surface area contributed by atoms with Crippen molar-refractivity contribution in [1.29, 1.82) is 0 Å². The van der Waals surface area contributed by atoms with Crippen LogP contribution in [0, 0.1) is 0 Å². The predicted octanol–water partition coefficient (Wildman–Crippen LogP) is 2.20. The van der Waals surface area contributed by atoms with Crippen LogP contribution in [0.15, 0.2) is 54.6 Å². The number of nitrogens with one attached hydrogen (secondary N) is 1. The summed E-state index contributed by atoms with van der Waals surface area (Å²) in [6, 6.07) is 16.4. The molecule has 2 aromatic rings. The molecule has 25 heavy (non-hydrogen) atoms. The van der Waals surface area contributed by atoms with Gasteiger partial charge in [0, 0.05) is 13.7 Å². The molecule has 0 saturated carbocycles. The molecular weight excluding hydrogens is 322 g/mol. The standard InChI is InChI=1S/C19H21NO5/c1-24-18(15-5-3-2-4-6-15)19(23)20-12-11-14-7-9-16(10-8-14)25-13-17(21)22/h2-10,18H,11-13H2,1H3,(H,20,23)(H,21,22)/t18-/m1/s1. The number of rotatable bonds is 9. The van der Waals surface area contributed by atoms with Crippen LogP contribution in [0.25, 0.3) is 0 Å². The van der Waals surface area contributed by atoms with Crippen molar-refractivity contribution >= 4 is 11.9 Å². The first-order valence-electron chi connectivity index (χ1n) is 7.89. The fraction of sp³-hybridized carbons (Fsp3) is 0.263. The van der Waals surface area contributed by atoms with E-state index in [2.05, 4.69) is 5.32 Å². The zero-order chi connectivity index (χ0) is 18.1. The van der Waals surface area contributed by atoms with Gasteiger partial charge in [0.05, 0.1) is 0 Å². The van der Waals surface area contributed by atoms with Crippen molar-refractivity contribution in [3.8, 4) is 5.75 Å². The van der Waals surface area contributed by atoms with Gasteiger partial charge in [-0.25, -0.2) is 4.79 Å². The van der Waals surface area contributed by atoms with Gasteiger partial charge in [-0.1, -0.05) is 42.5 Å². The van der Waals surface area contributed by atoms with Gasteiger partial charge >= 0.3 is 5.97 Å². The average molecular weight is 343 g/mol. The van der Waals surface area contributed by atoms with Crippen molar-refractivity contribution in [3.05, 3.63) is 65.7 Å². The van der Waals surface area contributed by atoms with E-state index in [1.807, 2.05) is 42.5 Å². The van der Waals surface area contributed by atoms with Gasteiger partial charge in [-0.3, -0.25) is 4.79 Å². The van der Waals surface area contributed by atoms with E-state index < -0.39 is 12.1 Å². The van der Waals surface area contributed by atoms with Gasteiger partial charge in [0.25, 0.3) is 5.91 Å². The Labute approximate surface area is 146 Å². The molecule has 1 amide bonds. The summed E-state index contributed by atoms with van der Waals surface area (Å²) in [5.74, 6) is -0.702. The summed E-state index contributed by atoms with van der Waals surface area (Å²) < 4.78 is 10.4. The van der Waals surface area contributed by atoms with Crippen LogP contribution < -0.4 is 10.1 Å². The zero-order valence-corrected chi connectivity index (χ0v) is 14.0. The SMILES string of the molecule is CO[C@@H](C(=O)NCCc1ccc(OCC(=O)O)cc1)c1ccccc1. The number of methoxy groups -OCH3 is 1. The van der Waals surface area contributed by atoms with Crippen LogP contribution >= 0.6 is 0 Å². The summed E-state index contributed by atoms with van der Waals surface area (Å²) in [6.07, 6.45) is 0.0175. The number of amides is 1. The lowest BCUT2D eigenvalue weighted by atomic mass is 10.1. The molecule has 0 unspecified atom stereocenters. The van der Waals surface area contributed by atoms with Crippen LogP contribution in [0.2, 0.25) is 0 Å². The van der Waals surface area contributed by atoms with Crippen LogP contribution in [-0.4, -0.2) is 37.2 Å². The molecular formula is C19H21NO5. The number of carbonyl (C=O) groups is 2. The number of carboxylic acid groups (broad SMARTS) is 1. The summed E-state index contributed by atoms with van der Waals surface area (Å²) in [5.41, 5.74) is 1.82. The highest BCUT2D eigenvalue weighted by Gasteiger charge is 2.18. The fourth-order valence-corrected chi connectivity index (χ4v) is 2.34. The highest BCUT2D eigenvalue weighted by Crippen LogP contribution is 2.16. The predicted molar refractivity (Wildman–Crippen MR) is 92.5 cm³/mol. The average Bonchev–Trinajstić information content (AvgIpc) is 2.62. The number of aliphatic carboxylic acids is 1. The Morgan fingerprint density at radius 3 is 2.36 bits per heavy atom. The Bertz CT molecular complexity index is 685. The topological polar surface area (TPSA) is 84.9 Å². The molecule has 2 aromatic carbocycles. The summed E-state index contributed by atoms with van der Waals surface area (Å²) in [7, 11) is 1.51. The second-order valence-corrected chi connectivity index (χ2v) is 5.39. The summed E-state index contributed by atoms with van der Waals surface area (Å²) in [6.45, 7) is 0.105. The van der Waals surface area contributed by atoms with Crippen LogP contribution in [0.1, 0.15) is 17.2 Å². The molecule has 0 bridgehead atoms. The van der Waals surface area contributed by atoms with Gasteiger partial charge in [-0.05, 0) is 29.7 Å². The number of carboxylic acids is 1. The van der Waals surface area contributed by atoms with Crippen molar-refractivity contribution in [1.82, 2.24) is 5.32 Å². The zero-order valence-electron chi connectivity index (χ0n) is 14.0. The minimum Gasteiger partial charge on any atom is -0.482 e. The van der Waals surface area contributed by atoms with Gasteiger partial charge in [-0.2, -0.15) is 0 Å². The Morgan fingerprint density at radius 2 is 1.76 bits per heavy atom. The van der Waals surface area contributed by atoms with Crippen molar-refractivity contribution in [2.45, 2.75) is 12.5 Å². The molecule has 0 aliphatic rings. The van der Waals surface area contributed by atoms with E-state index in [-0.39, 0.29) is 12.5 Å². The lowest BCUT2D eigenvalue weighted by Crippen LogP contribution is -2.31. The van der Waals surface area contributed by atoms with Crippen LogP contribution in [0.5, 0.6) is 5.75 Å². The molecule has 6 nitrogen and oxygen atoms in total. The molecule has 6 heteroatoms. The molecule has 0 saturated heterocycles. The lowest BCUT2D eigenvalue weighted by molar-refractivity contribution is -0.139. The third kappa shape index (κ3) is 5.93. The minimum atomic E-state index is -1.02. The highest BCUT2D eigenvalue weighted by atomic mass is 16.5. The molecule has 1 atom stereocenters. The monoisotopic (exact) mass is 343 g/mol. The largest absolute Gasteiger partial charge is 0.482 e. The molecule has 0 heterocycles. The van der Waals surface area contributed by atoms with Crippen molar-refractivity contribution in [2.24, 2.45) is 0 Å². The summed E-state index contributed by atoms with van der Waals surface area (Å²) in [4.78, 5) is 22.7. The lowest BCUT2D eigenvalue weighted by Gasteiger charge is -2.15. The smallest absolute Gasteiger partial charge is 0.341 e. The number of hydrogen-bond donors (Lipinski definition) is 2. The van der Waals surface area contributed by atoms with E-state index in [0.717, 1.165) is 11.1 Å². The van der Waals surface area contributed by atoms with Crippen LogP contribution in [-0.2, 0) is 20.7 Å². The van der Waals surface area contributed by atoms with Gasteiger partial charge in [0.2, 0.25) is 0 Å². The molecule has 0 spiro atoms. The second-order valence-electron chi connectivity index (χ2n) is 5.39. The van der Waals surface area contributed by atoms with E-state index in [1.54, 1.807) is 12.1 Å². The third-order valence-electron chi connectivity index (χ3n) is 3.57. The maximum Gasteiger partial charge on any atom is 0.341 e. The maximum absolute atomic E-state index is 12.3. The Hall–Kier alpha value is -2.86. The molecule has 132 valence electrons. The van der Waals surface area contributed by atoms with Gasteiger partial charge < -0.3 is 19.9 Å². The summed E-state index contributed by atoms with van der Waals surface area (Å²) in [5, 5.41) is 11.4. The van der Waals surface area contributed by atoms with Crippen molar-refractivity contribution in [3.63, 3.8) is 0 Å². The number of carbonyl (C=O) groups excluding carboxylic acids is 1. The first-order chi connectivity index (χ1) is 12.1. The van der Waals surface area contributed by atoms with Gasteiger partial charge in [0.1, 0.15) is 5.75 Å². The Balaban J connectivity index is 1.81. The van der Waals surface area contributed by atoms with Gasteiger partial charge in [-0.15, -0.1) is 0 Å². The maximum atomic E-state index is 12.3. The normalized spacial score (nSPS) is 11.6. The fourth-order valence-electron chi connectivity index (χ4n) is 2.34.